The van der Waals surface area contributed by atoms with Crippen molar-refractivity contribution >= 4 is 21.7 Å². The molecule has 4 rings (SSSR count). The molecule has 1 aromatic heterocycles. The maximum atomic E-state index is 13.2. The van der Waals surface area contributed by atoms with Crippen molar-refractivity contribution in [1.29, 1.82) is 0 Å². The van der Waals surface area contributed by atoms with E-state index in [1.807, 2.05) is 31.2 Å². The molecular formula is C21H24N2O2. The Morgan fingerprint density at radius 3 is 2.56 bits per heavy atom. The van der Waals surface area contributed by atoms with Gasteiger partial charge in [0.25, 0.3) is 0 Å². The average Bonchev–Trinajstić information content (AvgIpc) is 2.57. The van der Waals surface area contributed by atoms with E-state index in [1.54, 1.807) is 0 Å². The van der Waals surface area contributed by atoms with Crippen molar-refractivity contribution in [3.05, 3.63) is 57.9 Å². The number of hydrogen-bond donors (Lipinski definition) is 1. The Morgan fingerprint density at radius 2 is 1.80 bits per heavy atom. The Morgan fingerprint density at radius 1 is 1.08 bits per heavy atom. The first-order valence-electron chi connectivity index (χ1n) is 8.94. The number of nitrogens with zero attached hydrogens (tertiary/aromatic N) is 1. The van der Waals surface area contributed by atoms with Gasteiger partial charge in [-0.25, -0.2) is 0 Å². The molecule has 25 heavy (non-hydrogen) atoms. The van der Waals surface area contributed by atoms with Crippen LogP contribution in [0.1, 0.15) is 25.1 Å². The van der Waals surface area contributed by atoms with Gasteiger partial charge in [-0.1, -0.05) is 30.3 Å². The molecule has 2 heterocycles. The number of fused-ring (bicyclic) bond motifs is 3. The Kier molecular flexibility index (Phi) is 4.10. The number of pyridine rings is 1. The van der Waals surface area contributed by atoms with E-state index in [4.69, 9.17) is 4.74 Å². The van der Waals surface area contributed by atoms with Gasteiger partial charge in [0, 0.05) is 41.7 Å². The van der Waals surface area contributed by atoms with Crippen LogP contribution in [-0.2, 0) is 11.3 Å². The fraction of sp³-hybridized carbons (Fsp3) is 0.381. The van der Waals surface area contributed by atoms with Gasteiger partial charge < -0.3 is 9.72 Å². The third-order valence-corrected chi connectivity index (χ3v) is 5.09. The minimum atomic E-state index is 0.142. The lowest BCUT2D eigenvalue weighted by Gasteiger charge is -2.35. The van der Waals surface area contributed by atoms with Gasteiger partial charge in [-0.15, -0.1) is 0 Å². The molecule has 130 valence electrons. The van der Waals surface area contributed by atoms with Crippen LogP contribution in [0, 0.1) is 6.92 Å². The predicted molar refractivity (Wildman–Crippen MR) is 102 cm³/mol. The standard InChI is InChI=1S/C21H24N2O2/c1-13-10-23(11-14(2)25-13)12-19-15(3)22-20-17-7-5-4-6-16(17)8-9-18(20)21(19)24/h4-9,13-14H,10-12H2,1-3H3,(H,22,24). The fourth-order valence-corrected chi connectivity index (χ4v) is 4.02. The van der Waals surface area contributed by atoms with E-state index < -0.39 is 0 Å². The molecule has 0 radical (unpaired) electrons. The van der Waals surface area contributed by atoms with Crippen LogP contribution in [0.2, 0.25) is 0 Å². The van der Waals surface area contributed by atoms with Crippen molar-refractivity contribution in [2.45, 2.75) is 39.5 Å². The highest BCUT2D eigenvalue weighted by atomic mass is 16.5. The second-order valence-electron chi connectivity index (χ2n) is 7.22. The number of aromatic nitrogens is 1. The minimum absolute atomic E-state index is 0.142. The molecule has 2 unspecified atom stereocenters. The summed E-state index contributed by atoms with van der Waals surface area (Å²) in [5.41, 5.74) is 2.90. The maximum absolute atomic E-state index is 13.2. The molecular weight excluding hydrogens is 312 g/mol. The second kappa shape index (κ2) is 6.28. The highest BCUT2D eigenvalue weighted by Crippen LogP contribution is 2.23. The lowest BCUT2D eigenvalue weighted by atomic mass is 10.0. The molecule has 2 aromatic carbocycles. The fourth-order valence-electron chi connectivity index (χ4n) is 4.02. The van der Waals surface area contributed by atoms with Crippen LogP contribution in [0.25, 0.3) is 21.7 Å². The molecule has 0 amide bonds. The first-order chi connectivity index (χ1) is 12.0. The molecule has 0 bridgehead atoms. The molecule has 0 spiro atoms. The Hall–Kier alpha value is -2.17. The first-order valence-corrected chi connectivity index (χ1v) is 8.94. The van der Waals surface area contributed by atoms with Gasteiger partial charge in [0.2, 0.25) is 0 Å². The van der Waals surface area contributed by atoms with E-state index >= 15 is 0 Å². The quantitative estimate of drug-likeness (QED) is 0.727. The number of hydrogen-bond acceptors (Lipinski definition) is 3. The highest BCUT2D eigenvalue weighted by molar-refractivity contribution is 6.05. The van der Waals surface area contributed by atoms with Crippen molar-refractivity contribution in [1.82, 2.24) is 9.88 Å². The van der Waals surface area contributed by atoms with E-state index in [-0.39, 0.29) is 17.6 Å². The molecule has 0 aliphatic carbocycles. The molecule has 1 aliphatic rings. The highest BCUT2D eigenvalue weighted by Gasteiger charge is 2.23. The summed E-state index contributed by atoms with van der Waals surface area (Å²) in [6.07, 6.45) is 0.403. The normalized spacial score (nSPS) is 21.9. The number of aryl methyl sites for hydroxylation is 1. The van der Waals surface area contributed by atoms with E-state index in [0.717, 1.165) is 46.0 Å². The van der Waals surface area contributed by atoms with Crippen LogP contribution >= 0.6 is 0 Å². The second-order valence-corrected chi connectivity index (χ2v) is 7.22. The largest absolute Gasteiger partial charge is 0.373 e. The molecule has 3 aromatic rings. The summed E-state index contributed by atoms with van der Waals surface area (Å²) in [7, 11) is 0. The zero-order valence-electron chi connectivity index (χ0n) is 15.0. The summed E-state index contributed by atoms with van der Waals surface area (Å²) >= 11 is 0. The van der Waals surface area contributed by atoms with Gasteiger partial charge in [-0.2, -0.15) is 0 Å². The van der Waals surface area contributed by atoms with Crippen molar-refractivity contribution in [3.63, 3.8) is 0 Å². The van der Waals surface area contributed by atoms with Gasteiger partial charge in [0.1, 0.15) is 0 Å². The maximum Gasteiger partial charge on any atom is 0.194 e. The Balaban J connectivity index is 1.80. The number of ether oxygens (including phenoxy) is 1. The van der Waals surface area contributed by atoms with Crippen LogP contribution in [0.15, 0.2) is 41.2 Å². The van der Waals surface area contributed by atoms with Crippen LogP contribution in [0.4, 0.5) is 0 Å². The van der Waals surface area contributed by atoms with Crippen LogP contribution in [0.5, 0.6) is 0 Å². The number of benzene rings is 2. The van der Waals surface area contributed by atoms with E-state index in [2.05, 4.69) is 35.9 Å². The van der Waals surface area contributed by atoms with E-state index in [0.29, 0.717) is 6.54 Å². The lowest BCUT2D eigenvalue weighted by Crippen LogP contribution is -2.45. The third kappa shape index (κ3) is 2.96. The molecule has 1 aliphatic heterocycles. The molecule has 4 nitrogen and oxygen atoms in total. The zero-order chi connectivity index (χ0) is 17.6. The summed E-state index contributed by atoms with van der Waals surface area (Å²) in [6.45, 7) is 8.57. The number of aromatic amines is 1. The topological polar surface area (TPSA) is 45.3 Å². The van der Waals surface area contributed by atoms with Gasteiger partial charge in [-0.05, 0) is 32.2 Å². The van der Waals surface area contributed by atoms with E-state index in [1.165, 1.54) is 0 Å². The number of nitrogens with one attached hydrogen (secondary N) is 1. The average molecular weight is 336 g/mol. The van der Waals surface area contributed by atoms with E-state index in [9.17, 15) is 4.79 Å². The zero-order valence-corrected chi connectivity index (χ0v) is 15.0. The van der Waals surface area contributed by atoms with Crippen molar-refractivity contribution in [2.24, 2.45) is 0 Å². The van der Waals surface area contributed by atoms with Gasteiger partial charge in [0.05, 0.1) is 17.7 Å². The third-order valence-electron chi connectivity index (χ3n) is 5.09. The molecule has 2 atom stereocenters. The molecule has 1 saturated heterocycles. The smallest absolute Gasteiger partial charge is 0.194 e. The SMILES string of the molecule is Cc1[nH]c2c(ccc3ccccc32)c(=O)c1CN1CC(C)OC(C)C1. The predicted octanol–water partition coefficient (Wildman–Crippen LogP) is 3.60. The van der Waals surface area contributed by atoms with Crippen LogP contribution < -0.4 is 5.43 Å². The summed E-state index contributed by atoms with van der Waals surface area (Å²) in [5, 5.41) is 3.02. The minimum Gasteiger partial charge on any atom is -0.373 e. The van der Waals surface area contributed by atoms with Gasteiger partial charge >= 0.3 is 0 Å². The summed E-state index contributed by atoms with van der Waals surface area (Å²) in [5.74, 6) is 0. The van der Waals surface area contributed by atoms with Crippen molar-refractivity contribution < 1.29 is 4.74 Å². The Bertz CT molecular complexity index is 982. The molecule has 0 saturated carbocycles. The lowest BCUT2D eigenvalue weighted by molar-refractivity contribution is -0.0706. The summed E-state index contributed by atoms with van der Waals surface area (Å²) in [4.78, 5) is 19.0. The van der Waals surface area contributed by atoms with Gasteiger partial charge in [-0.3, -0.25) is 9.69 Å². The van der Waals surface area contributed by atoms with Crippen LogP contribution in [0.3, 0.4) is 0 Å². The monoisotopic (exact) mass is 336 g/mol. The van der Waals surface area contributed by atoms with Crippen LogP contribution in [-0.4, -0.2) is 35.2 Å². The van der Waals surface area contributed by atoms with Gasteiger partial charge in [0.15, 0.2) is 5.43 Å². The van der Waals surface area contributed by atoms with Crippen molar-refractivity contribution in [3.8, 4) is 0 Å². The number of H-pyrrole nitrogens is 1. The molecule has 1 N–H and O–H groups in total. The summed E-state index contributed by atoms with van der Waals surface area (Å²) < 4.78 is 5.81. The number of morpholine rings is 1. The molecule has 1 fully saturated rings. The number of rotatable bonds is 2. The first kappa shape index (κ1) is 16.3. The summed E-state index contributed by atoms with van der Waals surface area (Å²) in [6, 6.07) is 12.2. The molecule has 4 heteroatoms. The Labute approximate surface area is 147 Å². The van der Waals surface area contributed by atoms with Crippen molar-refractivity contribution in [2.75, 3.05) is 13.1 Å².